The molecule has 0 saturated carbocycles. The van der Waals surface area contributed by atoms with Crippen LogP contribution in [0.1, 0.15) is 48.9 Å². The van der Waals surface area contributed by atoms with E-state index in [-0.39, 0.29) is 0 Å². The Hall–Kier alpha value is -2.00. The highest BCUT2D eigenvalue weighted by Gasteiger charge is 2.14. The molecular weight excluding hydrogens is 210 g/mol. The Bertz CT molecular complexity index is 447. The molecule has 0 aliphatic carbocycles. The van der Waals surface area contributed by atoms with Crippen molar-refractivity contribution in [3.05, 3.63) is 28.3 Å². The fourth-order valence-corrected chi connectivity index (χ4v) is 2.02. The summed E-state index contributed by atoms with van der Waals surface area (Å²) in [5.74, 6) is 0. The summed E-state index contributed by atoms with van der Waals surface area (Å²) in [7, 11) is 0. The fourth-order valence-electron chi connectivity index (χ4n) is 2.02. The Labute approximate surface area is 102 Å². The molecule has 0 bridgehead atoms. The zero-order chi connectivity index (χ0) is 12.8. The van der Waals surface area contributed by atoms with Gasteiger partial charge in [0.05, 0.1) is 16.8 Å². The topological polar surface area (TPSA) is 73.6 Å². The number of nitrogen functional groups attached to an aromatic ring is 1. The fraction of sp³-hybridized carbons (Fsp3) is 0.429. The molecule has 0 radical (unpaired) electrons. The van der Waals surface area contributed by atoms with Crippen LogP contribution in [0.25, 0.3) is 0 Å². The van der Waals surface area contributed by atoms with E-state index in [0.29, 0.717) is 16.8 Å². The van der Waals surface area contributed by atoms with Crippen molar-refractivity contribution in [2.75, 3.05) is 5.73 Å². The van der Waals surface area contributed by atoms with Crippen molar-refractivity contribution in [2.24, 2.45) is 0 Å². The van der Waals surface area contributed by atoms with Crippen molar-refractivity contribution in [3.63, 3.8) is 0 Å². The number of nitrogens with zero attached hydrogens (tertiary/aromatic N) is 2. The number of nitrogens with two attached hydrogens (primary N) is 1. The van der Waals surface area contributed by atoms with Crippen molar-refractivity contribution in [1.82, 2.24) is 0 Å². The zero-order valence-electron chi connectivity index (χ0n) is 10.4. The summed E-state index contributed by atoms with van der Waals surface area (Å²) < 4.78 is 0. The van der Waals surface area contributed by atoms with Crippen LogP contribution >= 0.6 is 0 Å². The third-order valence-corrected chi connectivity index (χ3v) is 2.79. The molecule has 17 heavy (non-hydrogen) atoms. The van der Waals surface area contributed by atoms with E-state index in [4.69, 9.17) is 16.3 Å². The number of anilines is 1. The lowest BCUT2D eigenvalue weighted by Crippen LogP contribution is -2.04. The van der Waals surface area contributed by atoms with E-state index in [1.54, 1.807) is 0 Å². The first kappa shape index (κ1) is 13.1. The van der Waals surface area contributed by atoms with Crippen LogP contribution in [0.2, 0.25) is 0 Å². The maximum absolute atomic E-state index is 9.13. The minimum Gasteiger partial charge on any atom is -0.397 e. The lowest BCUT2D eigenvalue weighted by Gasteiger charge is -2.12. The van der Waals surface area contributed by atoms with Crippen LogP contribution in [0.3, 0.4) is 0 Å². The molecule has 0 aromatic heterocycles. The van der Waals surface area contributed by atoms with Crippen molar-refractivity contribution in [3.8, 4) is 12.1 Å². The van der Waals surface area contributed by atoms with Crippen LogP contribution < -0.4 is 5.73 Å². The minimum absolute atomic E-state index is 0.351. The molecule has 88 valence electrons. The van der Waals surface area contributed by atoms with Crippen LogP contribution in [0.5, 0.6) is 0 Å². The molecule has 2 N–H and O–H groups in total. The summed E-state index contributed by atoms with van der Waals surface area (Å²) in [4.78, 5) is 0. The Morgan fingerprint density at radius 3 is 1.71 bits per heavy atom. The van der Waals surface area contributed by atoms with E-state index in [0.717, 1.165) is 36.8 Å². The van der Waals surface area contributed by atoms with Gasteiger partial charge >= 0.3 is 0 Å². The van der Waals surface area contributed by atoms with Crippen molar-refractivity contribution < 1.29 is 0 Å². The van der Waals surface area contributed by atoms with Crippen LogP contribution in [0.15, 0.2) is 6.07 Å². The average molecular weight is 227 g/mol. The molecular formula is C14H17N3. The summed E-state index contributed by atoms with van der Waals surface area (Å²) in [6.45, 7) is 4.13. The van der Waals surface area contributed by atoms with Crippen LogP contribution in [-0.2, 0) is 12.8 Å². The van der Waals surface area contributed by atoms with E-state index < -0.39 is 0 Å². The third kappa shape index (κ3) is 2.57. The number of aryl methyl sites for hydroxylation is 2. The molecule has 0 amide bonds. The summed E-state index contributed by atoms with van der Waals surface area (Å²) in [6.07, 6.45) is 3.59. The van der Waals surface area contributed by atoms with E-state index in [1.807, 2.05) is 6.07 Å². The highest BCUT2D eigenvalue weighted by atomic mass is 14.6. The first-order valence-corrected chi connectivity index (χ1v) is 5.93. The van der Waals surface area contributed by atoms with Gasteiger partial charge in [-0.1, -0.05) is 32.8 Å². The molecule has 0 aliphatic rings. The largest absolute Gasteiger partial charge is 0.397 e. The van der Waals surface area contributed by atoms with Crippen molar-refractivity contribution in [2.45, 2.75) is 39.5 Å². The predicted molar refractivity (Wildman–Crippen MR) is 68.3 cm³/mol. The highest BCUT2D eigenvalue weighted by Crippen LogP contribution is 2.26. The first-order valence-electron chi connectivity index (χ1n) is 5.93. The second-order valence-corrected chi connectivity index (χ2v) is 4.08. The van der Waals surface area contributed by atoms with Crippen molar-refractivity contribution >= 4 is 5.69 Å². The van der Waals surface area contributed by atoms with E-state index in [1.165, 1.54) is 0 Å². The summed E-state index contributed by atoms with van der Waals surface area (Å²) in [5, 5.41) is 18.3. The molecule has 3 heteroatoms. The van der Waals surface area contributed by atoms with E-state index >= 15 is 0 Å². The molecule has 1 aromatic rings. The van der Waals surface area contributed by atoms with E-state index in [2.05, 4.69) is 26.0 Å². The number of hydrogen-bond acceptors (Lipinski definition) is 3. The molecule has 0 aliphatic heterocycles. The van der Waals surface area contributed by atoms with Gasteiger partial charge in [0.2, 0.25) is 0 Å². The summed E-state index contributed by atoms with van der Waals surface area (Å²) in [6, 6.07) is 6.21. The molecule has 0 spiro atoms. The van der Waals surface area contributed by atoms with Gasteiger partial charge in [-0.2, -0.15) is 10.5 Å². The van der Waals surface area contributed by atoms with Gasteiger partial charge in [-0.3, -0.25) is 0 Å². The average Bonchev–Trinajstić information content (AvgIpc) is 2.30. The van der Waals surface area contributed by atoms with Gasteiger partial charge in [-0.15, -0.1) is 0 Å². The Morgan fingerprint density at radius 1 is 1.00 bits per heavy atom. The van der Waals surface area contributed by atoms with Gasteiger partial charge in [-0.25, -0.2) is 0 Å². The maximum Gasteiger partial charge on any atom is 0.102 e. The monoisotopic (exact) mass is 227 g/mol. The predicted octanol–water partition coefficient (Wildman–Crippen LogP) is 2.92. The standard InChI is InChI=1S/C14H17N3/c1-3-5-10-7-11(6-4-2)13(9-16)14(17)12(10)8-15/h7H,3-6,17H2,1-2H3. The third-order valence-electron chi connectivity index (χ3n) is 2.79. The lowest BCUT2D eigenvalue weighted by molar-refractivity contribution is 0.891. The van der Waals surface area contributed by atoms with Gasteiger partial charge < -0.3 is 5.73 Å². The number of rotatable bonds is 4. The van der Waals surface area contributed by atoms with Gasteiger partial charge in [0.1, 0.15) is 12.1 Å². The second-order valence-electron chi connectivity index (χ2n) is 4.08. The molecule has 1 aromatic carbocycles. The lowest BCUT2D eigenvalue weighted by atomic mass is 9.92. The second kappa shape index (κ2) is 5.92. The molecule has 0 atom stereocenters. The summed E-state index contributed by atoms with van der Waals surface area (Å²) in [5.41, 5.74) is 9.16. The van der Waals surface area contributed by atoms with Gasteiger partial charge in [0.15, 0.2) is 0 Å². The molecule has 0 saturated heterocycles. The number of nitriles is 2. The quantitative estimate of drug-likeness (QED) is 0.804. The van der Waals surface area contributed by atoms with Crippen LogP contribution in [-0.4, -0.2) is 0 Å². The molecule has 0 fully saturated rings. The molecule has 0 unspecified atom stereocenters. The minimum atomic E-state index is 0.351. The van der Waals surface area contributed by atoms with E-state index in [9.17, 15) is 0 Å². The van der Waals surface area contributed by atoms with Crippen LogP contribution in [0, 0.1) is 22.7 Å². The Balaban J connectivity index is 3.45. The zero-order valence-corrected chi connectivity index (χ0v) is 10.4. The Morgan fingerprint density at radius 2 is 1.41 bits per heavy atom. The van der Waals surface area contributed by atoms with Crippen molar-refractivity contribution in [1.29, 1.82) is 10.5 Å². The van der Waals surface area contributed by atoms with Gasteiger partial charge in [0.25, 0.3) is 0 Å². The maximum atomic E-state index is 9.13. The molecule has 1 rings (SSSR count). The van der Waals surface area contributed by atoms with Gasteiger partial charge in [-0.05, 0) is 24.0 Å². The first-order chi connectivity index (χ1) is 8.19. The normalized spacial score (nSPS) is 9.65. The SMILES string of the molecule is CCCc1cc(CCC)c(C#N)c(N)c1C#N. The number of hydrogen-bond donors (Lipinski definition) is 1. The molecule has 3 nitrogen and oxygen atoms in total. The number of benzene rings is 1. The van der Waals surface area contributed by atoms with Crippen LogP contribution in [0.4, 0.5) is 5.69 Å². The summed E-state index contributed by atoms with van der Waals surface area (Å²) >= 11 is 0. The smallest absolute Gasteiger partial charge is 0.102 e. The van der Waals surface area contributed by atoms with Gasteiger partial charge in [0, 0.05) is 0 Å². The highest BCUT2D eigenvalue weighted by molar-refractivity contribution is 5.69. The Kier molecular flexibility index (Phi) is 4.55. The molecule has 0 heterocycles.